The number of rotatable bonds is 6. The predicted molar refractivity (Wildman–Crippen MR) is 79.7 cm³/mol. The van der Waals surface area contributed by atoms with Crippen LogP contribution >= 0.6 is 11.3 Å². The van der Waals surface area contributed by atoms with Gasteiger partial charge in [-0.25, -0.2) is 9.37 Å². The first-order chi connectivity index (χ1) is 9.61. The van der Waals surface area contributed by atoms with Crippen LogP contribution in [-0.2, 0) is 13.2 Å². The Kier molecular flexibility index (Phi) is 5.09. The number of hydrogen-bond acceptors (Lipinski definition) is 4. The number of hydrogen-bond donors (Lipinski definition) is 1. The average Bonchev–Trinajstić information content (AvgIpc) is 2.74. The van der Waals surface area contributed by atoms with Gasteiger partial charge in [0.15, 0.2) is 11.6 Å². The minimum absolute atomic E-state index is 0.305. The monoisotopic (exact) mass is 294 g/mol. The van der Waals surface area contributed by atoms with Crippen LogP contribution in [-0.4, -0.2) is 11.5 Å². The SMILES string of the molecule is CCNCc1cccc(F)c1OCc1nc(C)c(C)s1. The van der Waals surface area contributed by atoms with E-state index in [1.54, 1.807) is 17.4 Å². The van der Waals surface area contributed by atoms with E-state index in [2.05, 4.69) is 10.3 Å². The van der Waals surface area contributed by atoms with Crippen molar-refractivity contribution < 1.29 is 9.13 Å². The molecule has 0 aliphatic heterocycles. The summed E-state index contributed by atoms with van der Waals surface area (Å²) in [7, 11) is 0. The van der Waals surface area contributed by atoms with Gasteiger partial charge in [-0.2, -0.15) is 0 Å². The highest BCUT2D eigenvalue weighted by Crippen LogP contribution is 2.25. The molecule has 0 spiro atoms. The van der Waals surface area contributed by atoms with E-state index in [4.69, 9.17) is 4.74 Å². The summed E-state index contributed by atoms with van der Waals surface area (Å²) in [5.74, 6) is -0.00985. The van der Waals surface area contributed by atoms with Crippen LogP contribution in [0.4, 0.5) is 4.39 Å². The van der Waals surface area contributed by atoms with E-state index in [1.165, 1.54) is 10.9 Å². The summed E-state index contributed by atoms with van der Waals surface area (Å²) in [6.07, 6.45) is 0. The molecule has 1 N–H and O–H groups in total. The largest absolute Gasteiger partial charge is 0.483 e. The number of aromatic nitrogens is 1. The van der Waals surface area contributed by atoms with E-state index < -0.39 is 0 Å². The number of para-hydroxylation sites is 1. The summed E-state index contributed by atoms with van der Waals surface area (Å²) in [4.78, 5) is 5.57. The number of nitrogens with zero attached hydrogens (tertiary/aromatic N) is 1. The van der Waals surface area contributed by atoms with Crippen molar-refractivity contribution in [2.24, 2.45) is 0 Å². The highest BCUT2D eigenvalue weighted by molar-refractivity contribution is 7.11. The molecule has 2 aromatic rings. The Labute approximate surface area is 122 Å². The first-order valence-electron chi connectivity index (χ1n) is 6.65. The number of benzene rings is 1. The molecule has 0 radical (unpaired) electrons. The van der Waals surface area contributed by atoms with Gasteiger partial charge in [-0.3, -0.25) is 0 Å². The van der Waals surface area contributed by atoms with Crippen molar-refractivity contribution in [3.8, 4) is 5.75 Å². The predicted octanol–water partition coefficient (Wildman–Crippen LogP) is 3.59. The summed E-state index contributed by atoms with van der Waals surface area (Å²) in [6, 6.07) is 5.00. The van der Waals surface area contributed by atoms with Crippen LogP contribution < -0.4 is 10.1 Å². The summed E-state index contributed by atoms with van der Waals surface area (Å²) >= 11 is 1.59. The van der Waals surface area contributed by atoms with Gasteiger partial charge >= 0.3 is 0 Å². The van der Waals surface area contributed by atoms with Crippen LogP contribution in [0, 0.1) is 19.7 Å². The molecule has 1 aromatic heterocycles. The second-order valence-electron chi connectivity index (χ2n) is 4.55. The van der Waals surface area contributed by atoms with Crippen LogP contribution in [0.2, 0.25) is 0 Å². The maximum Gasteiger partial charge on any atom is 0.165 e. The lowest BCUT2D eigenvalue weighted by Gasteiger charge is -2.11. The molecule has 0 saturated carbocycles. The van der Waals surface area contributed by atoms with Gasteiger partial charge < -0.3 is 10.1 Å². The third-order valence-electron chi connectivity index (χ3n) is 3.03. The molecular formula is C15H19FN2OS. The Hall–Kier alpha value is -1.46. The minimum atomic E-state index is -0.328. The average molecular weight is 294 g/mol. The summed E-state index contributed by atoms with van der Waals surface area (Å²) in [5.41, 5.74) is 1.84. The van der Waals surface area contributed by atoms with Crippen LogP contribution in [0.25, 0.3) is 0 Å². The number of thiazole rings is 1. The topological polar surface area (TPSA) is 34.1 Å². The van der Waals surface area contributed by atoms with Crippen LogP contribution in [0.15, 0.2) is 18.2 Å². The van der Waals surface area contributed by atoms with Gasteiger partial charge in [0.25, 0.3) is 0 Å². The van der Waals surface area contributed by atoms with Crippen LogP contribution in [0.5, 0.6) is 5.75 Å². The van der Waals surface area contributed by atoms with Gasteiger partial charge in [-0.15, -0.1) is 11.3 Å². The van der Waals surface area contributed by atoms with E-state index >= 15 is 0 Å². The Morgan fingerprint density at radius 1 is 1.35 bits per heavy atom. The second kappa shape index (κ2) is 6.81. The van der Waals surface area contributed by atoms with Gasteiger partial charge in [0.2, 0.25) is 0 Å². The fraction of sp³-hybridized carbons (Fsp3) is 0.400. The molecule has 0 unspecified atom stereocenters. The molecule has 0 atom stereocenters. The maximum atomic E-state index is 13.9. The van der Waals surface area contributed by atoms with Crippen molar-refractivity contribution in [3.63, 3.8) is 0 Å². The molecule has 1 aromatic carbocycles. The Balaban J connectivity index is 2.11. The molecule has 3 nitrogen and oxygen atoms in total. The van der Waals surface area contributed by atoms with Crippen LogP contribution in [0.3, 0.4) is 0 Å². The molecule has 0 amide bonds. The normalized spacial score (nSPS) is 10.8. The van der Waals surface area contributed by atoms with Crippen molar-refractivity contribution in [1.29, 1.82) is 0 Å². The van der Waals surface area contributed by atoms with Crippen molar-refractivity contribution in [3.05, 3.63) is 45.2 Å². The van der Waals surface area contributed by atoms with E-state index in [0.717, 1.165) is 22.8 Å². The van der Waals surface area contributed by atoms with E-state index in [0.29, 0.717) is 18.9 Å². The second-order valence-corrected chi connectivity index (χ2v) is 5.83. The Morgan fingerprint density at radius 3 is 2.80 bits per heavy atom. The summed E-state index contributed by atoms with van der Waals surface area (Å²) in [5, 5.41) is 4.06. The highest BCUT2D eigenvalue weighted by Gasteiger charge is 2.11. The summed E-state index contributed by atoms with van der Waals surface area (Å²) < 4.78 is 19.5. The lowest BCUT2D eigenvalue weighted by molar-refractivity contribution is 0.285. The molecule has 1 heterocycles. The number of nitrogens with one attached hydrogen (secondary N) is 1. The first kappa shape index (κ1) is 14.9. The van der Waals surface area contributed by atoms with E-state index in [-0.39, 0.29) is 5.82 Å². The molecule has 0 saturated heterocycles. The van der Waals surface area contributed by atoms with Gasteiger partial charge in [0.05, 0.1) is 5.69 Å². The highest BCUT2D eigenvalue weighted by atomic mass is 32.1. The van der Waals surface area contributed by atoms with Gasteiger partial charge in [0.1, 0.15) is 11.6 Å². The standard InChI is InChI=1S/C15H19FN2OS/c1-4-17-8-12-6-5-7-13(16)15(12)19-9-14-18-10(2)11(3)20-14/h5-7,17H,4,8-9H2,1-3H3. The zero-order chi connectivity index (χ0) is 14.5. The third kappa shape index (κ3) is 3.55. The van der Waals surface area contributed by atoms with Crippen molar-refractivity contribution in [2.45, 2.75) is 33.9 Å². The molecule has 0 aliphatic carbocycles. The van der Waals surface area contributed by atoms with Crippen molar-refractivity contribution in [1.82, 2.24) is 10.3 Å². The lowest BCUT2D eigenvalue weighted by atomic mass is 10.2. The molecule has 5 heteroatoms. The molecule has 108 valence electrons. The molecule has 0 bridgehead atoms. The molecule has 0 fully saturated rings. The zero-order valence-corrected chi connectivity index (χ0v) is 12.8. The quantitative estimate of drug-likeness (QED) is 0.884. The Bertz CT molecular complexity index is 564. The van der Waals surface area contributed by atoms with E-state index in [1.807, 2.05) is 26.8 Å². The van der Waals surface area contributed by atoms with Gasteiger partial charge in [-0.05, 0) is 26.5 Å². The number of ether oxygens (including phenoxy) is 1. The van der Waals surface area contributed by atoms with Crippen LogP contribution in [0.1, 0.15) is 28.1 Å². The fourth-order valence-corrected chi connectivity index (χ4v) is 2.70. The number of aryl methyl sites for hydroxylation is 2. The maximum absolute atomic E-state index is 13.9. The lowest BCUT2D eigenvalue weighted by Crippen LogP contribution is -2.13. The van der Waals surface area contributed by atoms with Gasteiger partial charge in [-0.1, -0.05) is 19.1 Å². The molecule has 20 heavy (non-hydrogen) atoms. The molecular weight excluding hydrogens is 275 g/mol. The fourth-order valence-electron chi connectivity index (χ4n) is 1.85. The van der Waals surface area contributed by atoms with Crippen molar-refractivity contribution >= 4 is 11.3 Å². The number of halogens is 1. The first-order valence-corrected chi connectivity index (χ1v) is 7.47. The van der Waals surface area contributed by atoms with Crippen molar-refractivity contribution in [2.75, 3.05) is 6.54 Å². The summed E-state index contributed by atoms with van der Waals surface area (Å²) in [6.45, 7) is 7.74. The Morgan fingerprint density at radius 2 is 2.15 bits per heavy atom. The molecule has 2 rings (SSSR count). The van der Waals surface area contributed by atoms with E-state index in [9.17, 15) is 4.39 Å². The minimum Gasteiger partial charge on any atom is -0.483 e. The smallest absolute Gasteiger partial charge is 0.165 e. The third-order valence-corrected chi connectivity index (χ3v) is 4.07. The van der Waals surface area contributed by atoms with Gasteiger partial charge in [0, 0.05) is 17.0 Å². The molecule has 0 aliphatic rings. The zero-order valence-electron chi connectivity index (χ0n) is 12.0.